The number of anilines is 1. The molecule has 6 heteroatoms. The van der Waals surface area contributed by atoms with Crippen molar-refractivity contribution in [3.8, 4) is 0 Å². The monoisotopic (exact) mass is 372 g/mol. The Kier molecular flexibility index (Phi) is 5.74. The second-order valence-corrected chi connectivity index (χ2v) is 9.01. The number of carbonyl (C=O) groups is 1. The van der Waals surface area contributed by atoms with Gasteiger partial charge in [-0.15, -0.1) is 0 Å². The van der Waals surface area contributed by atoms with Crippen LogP contribution in [0.1, 0.15) is 24.0 Å². The number of sulfone groups is 1. The van der Waals surface area contributed by atoms with Gasteiger partial charge in [-0.05, 0) is 42.6 Å². The van der Waals surface area contributed by atoms with Gasteiger partial charge in [0.15, 0.2) is 9.84 Å². The second kappa shape index (κ2) is 8.01. The van der Waals surface area contributed by atoms with Crippen molar-refractivity contribution in [2.24, 2.45) is 0 Å². The summed E-state index contributed by atoms with van der Waals surface area (Å²) in [4.78, 5) is 14.9. The summed E-state index contributed by atoms with van der Waals surface area (Å²) in [5.41, 5.74) is 2.52. The Labute approximate surface area is 154 Å². The van der Waals surface area contributed by atoms with E-state index in [2.05, 4.69) is 22.3 Å². The normalized spacial score (nSPS) is 18.0. The minimum atomic E-state index is -3.10. The molecule has 1 N–H and O–H groups in total. The molecule has 2 aromatic rings. The molecule has 0 radical (unpaired) electrons. The molecule has 1 amide bonds. The summed E-state index contributed by atoms with van der Waals surface area (Å²) in [5.74, 6) is -0.0600. The average Bonchev–Trinajstić information content (AvgIpc) is 3.03. The molecule has 3 rings (SSSR count). The van der Waals surface area contributed by atoms with E-state index in [0.717, 1.165) is 25.9 Å². The zero-order chi connectivity index (χ0) is 18.6. The van der Waals surface area contributed by atoms with Crippen molar-refractivity contribution in [3.63, 3.8) is 0 Å². The number of nitrogens with zero attached hydrogens (tertiary/aromatic N) is 1. The fourth-order valence-electron chi connectivity index (χ4n) is 3.40. The van der Waals surface area contributed by atoms with E-state index in [4.69, 9.17) is 0 Å². The molecule has 0 aromatic heterocycles. The Hall–Kier alpha value is -2.18. The maximum Gasteiger partial charge on any atom is 0.241 e. The molecule has 1 saturated heterocycles. The lowest BCUT2D eigenvalue weighted by atomic mass is 10.1. The van der Waals surface area contributed by atoms with Crippen LogP contribution in [0.2, 0.25) is 0 Å². The number of hydrogen-bond donors (Lipinski definition) is 1. The molecule has 0 bridgehead atoms. The highest BCUT2D eigenvalue weighted by Crippen LogP contribution is 2.22. The number of amides is 1. The molecule has 1 fully saturated rings. The van der Waals surface area contributed by atoms with Gasteiger partial charge in [-0.3, -0.25) is 9.69 Å². The zero-order valence-electron chi connectivity index (χ0n) is 14.9. The molecular formula is C20H24N2O3S. The van der Waals surface area contributed by atoms with Gasteiger partial charge in [0.05, 0.1) is 11.8 Å². The van der Waals surface area contributed by atoms with Gasteiger partial charge in [0, 0.05) is 18.5 Å². The predicted molar refractivity (Wildman–Crippen MR) is 103 cm³/mol. The molecule has 5 nitrogen and oxygen atoms in total. The van der Waals surface area contributed by atoms with Gasteiger partial charge in [-0.25, -0.2) is 8.42 Å². The van der Waals surface area contributed by atoms with E-state index >= 15 is 0 Å². The third-order valence-electron chi connectivity index (χ3n) is 4.52. The Balaban J connectivity index is 1.66. The Morgan fingerprint density at radius 3 is 2.58 bits per heavy atom. The van der Waals surface area contributed by atoms with Gasteiger partial charge >= 0.3 is 0 Å². The highest BCUT2D eigenvalue weighted by Gasteiger charge is 2.30. The summed E-state index contributed by atoms with van der Waals surface area (Å²) >= 11 is 0. The van der Waals surface area contributed by atoms with E-state index in [1.165, 1.54) is 11.8 Å². The fraction of sp³-hybridized carbons (Fsp3) is 0.350. The van der Waals surface area contributed by atoms with Gasteiger partial charge in [0.1, 0.15) is 0 Å². The number of carbonyl (C=O) groups excluding carboxylic acids is 1. The van der Waals surface area contributed by atoms with Crippen LogP contribution in [0, 0.1) is 0 Å². The fourth-order valence-corrected chi connectivity index (χ4v) is 4.18. The molecule has 1 unspecified atom stereocenters. The minimum Gasteiger partial charge on any atom is -0.325 e. The van der Waals surface area contributed by atoms with Crippen molar-refractivity contribution >= 4 is 21.4 Å². The summed E-state index contributed by atoms with van der Waals surface area (Å²) in [7, 11) is -3.10. The maximum atomic E-state index is 12.7. The number of likely N-dealkylation sites (tertiary alicyclic amines) is 1. The quantitative estimate of drug-likeness (QED) is 0.847. The highest BCUT2D eigenvalue weighted by molar-refractivity contribution is 7.89. The lowest BCUT2D eigenvalue weighted by Gasteiger charge is -2.23. The van der Waals surface area contributed by atoms with Crippen LogP contribution < -0.4 is 5.32 Å². The number of nitrogens with one attached hydrogen (secondary N) is 1. The zero-order valence-corrected chi connectivity index (χ0v) is 15.7. The molecule has 0 aliphatic carbocycles. The molecule has 2 aromatic carbocycles. The molecule has 1 heterocycles. The highest BCUT2D eigenvalue weighted by atomic mass is 32.2. The molecule has 0 spiro atoms. The Morgan fingerprint density at radius 2 is 1.85 bits per heavy atom. The van der Waals surface area contributed by atoms with E-state index < -0.39 is 9.84 Å². The van der Waals surface area contributed by atoms with E-state index in [-0.39, 0.29) is 17.7 Å². The largest absolute Gasteiger partial charge is 0.325 e. The van der Waals surface area contributed by atoms with Gasteiger partial charge < -0.3 is 5.32 Å². The van der Waals surface area contributed by atoms with Crippen LogP contribution >= 0.6 is 0 Å². The van der Waals surface area contributed by atoms with Crippen LogP contribution in [0.15, 0.2) is 54.6 Å². The number of hydrogen-bond acceptors (Lipinski definition) is 4. The van der Waals surface area contributed by atoms with Crippen molar-refractivity contribution < 1.29 is 13.2 Å². The Bertz CT molecular complexity index is 866. The lowest BCUT2D eigenvalue weighted by Crippen LogP contribution is -2.39. The molecule has 138 valence electrons. The predicted octanol–water partition coefficient (Wildman–Crippen LogP) is 2.83. The molecule has 0 saturated carbocycles. The van der Waals surface area contributed by atoms with Crippen LogP contribution in [0.4, 0.5) is 5.69 Å². The number of rotatable bonds is 6. The first kappa shape index (κ1) is 18.6. The summed E-state index contributed by atoms with van der Waals surface area (Å²) in [6, 6.07) is 17.0. The van der Waals surface area contributed by atoms with Gasteiger partial charge in [-0.2, -0.15) is 0 Å². The van der Waals surface area contributed by atoms with Crippen molar-refractivity contribution in [2.45, 2.75) is 31.2 Å². The van der Waals surface area contributed by atoms with Crippen LogP contribution in [0.3, 0.4) is 0 Å². The van der Waals surface area contributed by atoms with Crippen molar-refractivity contribution in [1.29, 1.82) is 0 Å². The van der Waals surface area contributed by atoms with Crippen LogP contribution in [0.25, 0.3) is 0 Å². The van der Waals surface area contributed by atoms with E-state index in [0.29, 0.717) is 11.3 Å². The third-order valence-corrected chi connectivity index (χ3v) is 5.38. The SMILES string of the molecule is CS(=O)(=O)Cc1cccc(NC(=O)C2CCCN2Cc2ccccc2)c1. The van der Waals surface area contributed by atoms with Crippen molar-refractivity contribution in [1.82, 2.24) is 4.90 Å². The summed E-state index contributed by atoms with van der Waals surface area (Å²) in [5, 5.41) is 2.95. The molecular weight excluding hydrogens is 348 g/mol. The first-order valence-electron chi connectivity index (χ1n) is 8.76. The van der Waals surface area contributed by atoms with Crippen LogP contribution in [-0.2, 0) is 26.9 Å². The van der Waals surface area contributed by atoms with Gasteiger partial charge in [0.2, 0.25) is 5.91 Å². The van der Waals surface area contributed by atoms with Crippen LogP contribution in [-0.4, -0.2) is 38.1 Å². The van der Waals surface area contributed by atoms with Crippen molar-refractivity contribution in [2.75, 3.05) is 18.1 Å². The Morgan fingerprint density at radius 1 is 1.12 bits per heavy atom. The smallest absolute Gasteiger partial charge is 0.241 e. The summed E-state index contributed by atoms with van der Waals surface area (Å²) < 4.78 is 22.9. The first-order chi connectivity index (χ1) is 12.4. The average molecular weight is 372 g/mol. The number of benzene rings is 2. The molecule has 1 atom stereocenters. The van der Waals surface area contributed by atoms with E-state index in [9.17, 15) is 13.2 Å². The van der Waals surface area contributed by atoms with E-state index in [1.807, 2.05) is 18.2 Å². The van der Waals surface area contributed by atoms with Crippen LogP contribution in [0.5, 0.6) is 0 Å². The lowest BCUT2D eigenvalue weighted by molar-refractivity contribution is -0.120. The van der Waals surface area contributed by atoms with E-state index in [1.54, 1.807) is 24.3 Å². The third kappa shape index (κ3) is 5.16. The summed E-state index contributed by atoms with van der Waals surface area (Å²) in [6.07, 6.45) is 3.04. The molecule has 1 aliphatic rings. The first-order valence-corrected chi connectivity index (χ1v) is 10.8. The minimum absolute atomic E-state index is 0.0275. The topological polar surface area (TPSA) is 66.5 Å². The van der Waals surface area contributed by atoms with Crippen molar-refractivity contribution in [3.05, 3.63) is 65.7 Å². The molecule has 26 heavy (non-hydrogen) atoms. The maximum absolute atomic E-state index is 12.7. The van der Waals surface area contributed by atoms with Gasteiger partial charge in [-0.1, -0.05) is 42.5 Å². The summed E-state index contributed by atoms with van der Waals surface area (Å²) in [6.45, 7) is 1.66. The van der Waals surface area contributed by atoms with Gasteiger partial charge in [0.25, 0.3) is 0 Å². The standard InChI is InChI=1S/C20H24N2O3S/c1-26(24,25)15-17-9-5-10-18(13-17)21-20(23)19-11-6-12-22(19)14-16-7-3-2-4-8-16/h2-5,7-10,13,19H,6,11-12,14-15H2,1H3,(H,21,23). The molecule has 1 aliphatic heterocycles. The second-order valence-electron chi connectivity index (χ2n) is 6.87.